The van der Waals surface area contributed by atoms with Gasteiger partial charge in [-0.2, -0.15) is 0 Å². The smallest absolute Gasteiger partial charge is 0.0979 e. The fourth-order valence-electron chi connectivity index (χ4n) is 9.27. The molecule has 0 saturated heterocycles. The molecule has 0 bridgehead atoms. The number of hydrogen-bond acceptors (Lipinski definition) is 2. The number of fused-ring (bicyclic) bond motifs is 10. The first-order valence-electron chi connectivity index (χ1n) is 20.2. The summed E-state index contributed by atoms with van der Waals surface area (Å²) in [7, 11) is 0. The van der Waals surface area contributed by atoms with E-state index in [1.165, 1.54) is 71.2 Å². The quantitative estimate of drug-likeness (QED) is 0.164. The first-order chi connectivity index (χ1) is 29.3. The van der Waals surface area contributed by atoms with E-state index in [2.05, 4.69) is 211 Å². The molecule has 0 spiro atoms. The first-order valence-corrected chi connectivity index (χ1v) is 20.2. The van der Waals surface area contributed by atoms with Gasteiger partial charge in [0.15, 0.2) is 0 Å². The highest BCUT2D eigenvalue weighted by Crippen LogP contribution is 2.39. The topological polar surface area (TPSA) is 30.7 Å². The lowest BCUT2D eigenvalue weighted by Crippen LogP contribution is -1.93. The van der Waals surface area contributed by atoms with Crippen molar-refractivity contribution >= 4 is 65.2 Å². The maximum absolute atomic E-state index is 5.28. The zero-order valence-electron chi connectivity index (χ0n) is 32.0. The zero-order valence-corrected chi connectivity index (χ0v) is 32.0. The van der Waals surface area contributed by atoms with Gasteiger partial charge < -0.3 is 4.57 Å². The van der Waals surface area contributed by atoms with Crippen LogP contribution in [0.2, 0.25) is 0 Å². The lowest BCUT2D eigenvalue weighted by molar-refractivity contribution is 1.18. The molecule has 10 aromatic carbocycles. The Morgan fingerprint density at radius 2 is 0.763 bits per heavy atom. The Labute approximate surface area is 341 Å². The third kappa shape index (κ3) is 5.36. The van der Waals surface area contributed by atoms with Crippen LogP contribution >= 0.6 is 0 Å². The van der Waals surface area contributed by atoms with Crippen molar-refractivity contribution in [2.75, 3.05) is 0 Å². The molecule has 0 saturated carbocycles. The Morgan fingerprint density at radius 3 is 1.39 bits per heavy atom. The maximum atomic E-state index is 5.28. The van der Waals surface area contributed by atoms with Crippen molar-refractivity contribution in [3.63, 3.8) is 0 Å². The average molecular weight is 750 g/mol. The molecule has 59 heavy (non-hydrogen) atoms. The van der Waals surface area contributed by atoms with Crippen LogP contribution in [0.5, 0.6) is 0 Å². The molecule has 12 aromatic rings. The summed E-state index contributed by atoms with van der Waals surface area (Å²) in [6, 6.07) is 74.3. The van der Waals surface area contributed by atoms with Crippen LogP contribution in [0.1, 0.15) is 0 Å². The molecule has 12 rings (SSSR count). The van der Waals surface area contributed by atoms with E-state index in [1.807, 2.05) is 6.20 Å². The van der Waals surface area contributed by atoms with Crippen LogP contribution in [-0.2, 0) is 0 Å². The van der Waals surface area contributed by atoms with Gasteiger partial charge in [0.2, 0.25) is 0 Å². The van der Waals surface area contributed by atoms with Crippen LogP contribution in [0.25, 0.3) is 115 Å². The molecule has 3 nitrogen and oxygen atoms in total. The highest BCUT2D eigenvalue weighted by molar-refractivity contribution is 6.23. The van der Waals surface area contributed by atoms with Gasteiger partial charge in [-0.25, -0.2) is 4.98 Å². The fraction of sp³-hybridized carbons (Fsp3) is 0. The molecule has 0 radical (unpaired) electrons. The van der Waals surface area contributed by atoms with Crippen molar-refractivity contribution in [2.24, 2.45) is 0 Å². The van der Waals surface area contributed by atoms with Crippen molar-refractivity contribution < 1.29 is 0 Å². The van der Waals surface area contributed by atoms with Gasteiger partial charge in [0, 0.05) is 32.8 Å². The average Bonchev–Trinajstić information content (AvgIpc) is 3.66. The monoisotopic (exact) mass is 749 g/mol. The Hall–Kier alpha value is -7.88. The summed E-state index contributed by atoms with van der Waals surface area (Å²) >= 11 is 0. The van der Waals surface area contributed by atoms with Crippen LogP contribution in [0, 0.1) is 0 Å². The largest absolute Gasteiger partial charge is 0.309 e. The van der Waals surface area contributed by atoms with E-state index in [9.17, 15) is 0 Å². The van der Waals surface area contributed by atoms with Gasteiger partial charge in [-0.15, -0.1) is 0 Å². The van der Waals surface area contributed by atoms with Gasteiger partial charge in [-0.1, -0.05) is 176 Å². The molecule has 0 fully saturated rings. The SMILES string of the molecule is c1cc(-c2cnc3c4ccccc4c4ccccc4c3n2)cc(-c2cccc3c(-c4ccc(-c5ccc(-n6c7ccccc7c7ccccc76)cc5)cc4)cccc23)c1. The molecule has 0 aliphatic carbocycles. The number of aromatic nitrogens is 3. The van der Waals surface area contributed by atoms with Gasteiger partial charge in [-0.05, 0) is 85.3 Å². The van der Waals surface area contributed by atoms with Crippen LogP contribution in [0.15, 0.2) is 212 Å². The van der Waals surface area contributed by atoms with E-state index in [0.717, 1.165) is 44.3 Å². The molecule has 2 heterocycles. The molecular weight excluding hydrogens is 715 g/mol. The van der Waals surface area contributed by atoms with Crippen molar-refractivity contribution in [3.05, 3.63) is 212 Å². The van der Waals surface area contributed by atoms with E-state index < -0.39 is 0 Å². The van der Waals surface area contributed by atoms with Gasteiger partial charge in [-0.3, -0.25) is 4.98 Å². The van der Waals surface area contributed by atoms with E-state index in [1.54, 1.807) is 0 Å². The summed E-state index contributed by atoms with van der Waals surface area (Å²) in [4.78, 5) is 10.3. The summed E-state index contributed by atoms with van der Waals surface area (Å²) in [6.07, 6.45) is 1.92. The van der Waals surface area contributed by atoms with Crippen molar-refractivity contribution in [3.8, 4) is 50.3 Å². The standard InChI is InChI=1S/C56H35N3/c1-3-18-50-46(14-1)47-15-2-4-19-51(47)56-55(50)57-35-52(58-56)40-13-9-12-39(34-40)43-21-11-22-44-42(20-10-23-45(43)44)38-28-26-36(27-29-38)37-30-32-41(33-31-37)59-53-24-7-5-16-48(53)49-17-6-8-25-54(49)59/h1-35H. The van der Waals surface area contributed by atoms with Crippen molar-refractivity contribution in [2.45, 2.75) is 0 Å². The molecule has 0 aliphatic rings. The van der Waals surface area contributed by atoms with Crippen LogP contribution in [0.3, 0.4) is 0 Å². The van der Waals surface area contributed by atoms with Gasteiger partial charge in [0.1, 0.15) is 0 Å². The fourth-order valence-corrected chi connectivity index (χ4v) is 9.27. The first kappa shape index (κ1) is 33.3. The summed E-state index contributed by atoms with van der Waals surface area (Å²) < 4.78 is 2.36. The minimum Gasteiger partial charge on any atom is -0.309 e. The van der Waals surface area contributed by atoms with Crippen LogP contribution in [-0.4, -0.2) is 14.5 Å². The summed E-state index contributed by atoms with van der Waals surface area (Å²) in [5.74, 6) is 0. The molecule has 2 aromatic heterocycles. The third-order valence-electron chi connectivity index (χ3n) is 12.1. The molecule has 274 valence electrons. The minimum atomic E-state index is 0.863. The van der Waals surface area contributed by atoms with E-state index in [0.29, 0.717) is 0 Å². The molecule has 0 aliphatic heterocycles. The Balaban J connectivity index is 0.877. The predicted molar refractivity (Wildman–Crippen MR) is 248 cm³/mol. The van der Waals surface area contributed by atoms with Crippen LogP contribution in [0.4, 0.5) is 0 Å². The van der Waals surface area contributed by atoms with E-state index in [4.69, 9.17) is 9.97 Å². The summed E-state index contributed by atoms with van der Waals surface area (Å²) in [5.41, 5.74) is 14.5. The molecule has 3 heteroatoms. The number of benzene rings is 10. The normalized spacial score (nSPS) is 11.7. The van der Waals surface area contributed by atoms with E-state index in [-0.39, 0.29) is 0 Å². The number of nitrogens with zero attached hydrogens (tertiary/aromatic N) is 3. The lowest BCUT2D eigenvalue weighted by atomic mass is 9.91. The molecular formula is C56H35N3. The highest BCUT2D eigenvalue weighted by Gasteiger charge is 2.15. The Morgan fingerprint density at radius 1 is 0.305 bits per heavy atom. The highest BCUT2D eigenvalue weighted by atomic mass is 15.0. The van der Waals surface area contributed by atoms with Gasteiger partial charge >= 0.3 is 0 Å². The summed E-state index contributed by atoms with van der Waals surface area (Å²) in [5, 5.41) is 9.63. The Bertz CT molecular complexity index is 3510. The van der Waals surface area contributed by atoms with Gasteiger partial charge in [0.05, 0.1) is 34.0 Å². The maximum Gasteiger partial charge on any atom is 0.0979 e. The molecule has 0 unspecified atom stereocenters. The van der Waals surface area contributed by atoms with E-state index >= 15 is 0 Å². The second kappa shape index (κ2) is 13.4. The number of hydrogen-bond donors (Lipinski definition) is 0. The van der Waals surface area contributed by atoms with Crippen molar-refractivity contribution in [1.82, 2.24) is 14.5 Å². The minimum absolute atomic E-state index is 0.863. The van der Waals surface area contributed by atoms with Crippen LogP contribution < -0.4 is 0 Å². The lowest BCUT2D eigenvalue weighted by Gasteiger charge is -2.13. The predicted octanol–water partition coefficient (Wildman–Crippen LogP) is 14.9. The number of rotatable bonds is 5. The molecule has 0 N–H and O–H groups in total. The second-order valence-corrected chi connectivity index (χ2v) is 15.3. The zero-order chi connectivity index (χ0) is 38.9. The molecule has 0 amide bonds. The summed E-state index contributed by atoms with van der Waals surface area (Å²) in [6.45, 7) is 0. The third-order valence-corrected chi connectivity index (χ3v) is 12.1. The Kier molecular flexibility index (Phi) is 7.54. The van der Waals surface area contributed by atoms with Crippen molar-refractivity contribution in [1.29, 1.82) is 0 Å². The molecule has 0 atom stereocenters. The van der Waals surface area contributed by atoms with Gasteiger partial charge in [0.25, 0.3) is 0 Å². The number of para-hydroxylation sites is 2. The second-order valence-electron chi connectivity index (χ2n) is 15.3.